The van der Waals surface area contributed by atoms with Crippen LogP contribution in [-0.2, 0) is 0 Å². The third kappa shape index (κ3) is 1.81. The Kier molecular flexibility index (Phi) is 2.71. The third-order valence-corrected chi connectivity index (χ3v) is 4.03. The Morgan fingerprint density at radius 2 is 2.00 bits per heavy atom. The smallest absolute Gasteiger partial charge is 0.345 e. The van der Waals surface area contributed by atoms with E-state index in [1.165, 1.54) is 12.1 Å². The van der Waals surface area contributed by atoms with Crippen molar-refractivity contribution in [1.29, 1.82) is 0 Å². The standard InChI is InChI=1S/C17H9ClFNO2/c1-8-3-2-4-10-15-11(17(21)22-16(8)10)5-9-6-13(19)12(18)7-14(9)20-15/h2-7H,1H3. The number of para-hydroxylation sites is 1. The van der Waals surface area contributed by atoms with Gasteiger partial charge < -0.3 is 4.42 Å². The fourth-order valence-electron chi connectivity index (χ4n) is 2.65. The summed E-state index contributed by atoms with van der Waals surface area (Å²) < 4.78 is 19.0. The van der Waals surface area contributed by atoms with E-state index < -0.39 is 11.4 Å². The highest BCUT2D eigenvalue weighted by molar-refractivity contribution is 6.31. The Bertz CT molecular complexity index is 1130. The van der Waals surface area contributed by atoms with E-state index in [0.717, 1.165) is 10.9 Å². The van der Waals surface area contributed by atoms with Crippen molar-refractivity contribution in [3.63, 3.8) is 0 Å². The summed E-state index contributed by atoms with van der Waals surface area (Å²) in [6.45, 7) is 1.87. The molecule has 0 saturated carbocycles. The lowest BCUT2D eigenvalue weighted by Crippen LogP contribution is -2.02. The molecule has 0 bridgehead atoms. The zero-order valence-electron chi connectivity index (χ0n) is 11.5. The number of rotatable bonds is 0. The largest absolute Gasteiger partial charge is 0.422 e. The molecule has 0 aliphatic rings. The minimum absolute atomic E-state index is 0.00259. The summed E-state index contributed by atoms with van der Waals surface area (Å²) in [5, 5.41) is 1.58. The Morgan fingerprint density at radius 1 is 1.18 bits per heavy atom. The first-order chi connectivity index (χ1) is 10.5. The van der Waals surface area contributed by atoms with Crippen molar-refractivity contribution < 1.29 is 8.81 Å². The van der Waals surface area contributed by atoms with Gasteiger partial charge in [-0.2, -0.15) is 0 Å². The lowest BCUT2D eigenvalue weighted by atomic mass is 10.1. The van der Waals surface area contributed by atoms with Crippen molar-refractivity contribution in [1.82, 2.24) is 4.98 Å². The molecule has 3 nitrogen and oxygen atoms in total. The van der Waals surface area contributed by atoms with Crippen LogP contribution in [0.5, 0.6) is 0 Å². The van der Waals surface area contributed by atoms with Gasteiger partial charge in [0.05, 0.1) is 21.4 Å². The highest BCUT2D eigenvalue weighted by atomic mass is 35.5. The molecule has 0 saturated heterocycles. The Hall–Kier alpha value is -2.46. The predicted octanol–water partition coefficient (Wildman–Crippen LogP) is 4.60. The molecule has 4 aromatic rings. The molecule has 0 aliphatic carbocycles. The van der Waals surface area contributed by atoms with Crippen molar-refractivity contribution in [2.45, 2.75) is 6.92 Å². The zero-order chi connectivity index (χ0) is 15.4. The first kappa shape index (κ1) is 13.2. The second-order valence-corrected chi connectivity index (χ2v) is 5.59. The van der Waals surface area contributed by atoms with Crippen LogP contribution in [0.25, 0.3) is 32.8 Å². The van der Waals surface area contributed by atoms with Crippen LogP contribution in [0, 0.1) is 12.7 Å². The number of aromatic nitrogens is 1. The molecule has 0 aliphatic heterocycles. The molecular formula is C17H9ClFNO2. The molecule has 2 aromatic heterocycles. The maximum absolute atomic E-state index is 13.6. The topological polar surface area (TPSA) is 43.1 Å². The molecule has 0 N–H and O–H groups in total. The van der Waals surface area contributed by atoms with Crippen LogP contribution in [-0.4, -0.2) is 4.98 Å². The van der Waals surface area contributed by atoms with Crippen molar-refractivity contribution in [3.05, 3.63) is 63.2 Å². The third-order valence-electron chi connectivity index (χ3n) is 3.74. The summed E-state index contributed by atoms with van der Waals surface area (Å²) in [4.78, 5) is 16.7. The number of fused-ring (bicyclic) bond motifs is 4. The summed E-state index contributed by atoms with van der Waals surface area (Å²) in [6.07, 6.45) is 0. The molecule has 5 heteroatoms. The number of pyridine rings is 1. The molecule has 2 heterocycles. The molecule has 0 amide bonds. The first-order valence-corrected chi connectivity index (χ1v) is 7.04. The van der Waals surface area contributed by atoms with Gasteiger partial charge in [0.25, 0.3) is 0 Å². The number of benzene rings is 2. The number of nitrogens with zero attached hydrogens (tertiary/aromatic N) is 1. The Labute approximate surface area is 128 Å². The van der Waals surface area contributed by atoms with E-state index in [1.807, 2.05) is 25.1 Å². The van der Waals surface area contributed by atoms with Gasteiger partial charge in [-0.3, -0.25) is 0 Å². The van der Waals surface area contributed by atoms with Crippen LogP contribution in [0.2, 0.25) is 5.02 Å². The molecule has 0 atom stereocenters. The summed E-state index contributed by atoms with van der Waals surface area (Å²) in [5.41, 5.74) is 1.95. The van der Waals surface area contributed by atoms with Crippen LogP contribution in [0.1, 0.15) is 5.56 Å². The highest BCUT2D eigenvalue weighted by Gasteiger charge is 2.13. The van der Waals surface area contributed by atoms with Gasteiger partial charge in [-0.1, -0.05) is 23.7 Å². The van der Waals surface area contributed by atoms with Gasteiger partial charge in [0, 0.05) is 10.8 Å². The molecule has 4 rings (SSSR count). The summed E-state index contributed by atoms with van der Waals surface area (Å²) >= 11 is 5.82. The van der Waals surface area contributed by atoms with Crippen LogP contribution in [0.3, 0.4) is 0 Å². The SMILES string of the molecule is Cc1cccc2c1oc(=O)c1cc3cc(F)c(Cl)cc3nc12. The zero-order valence-corrected chi connectivity index (χ0v) is 12.2. The van der Waals surface area contributed by atoms with Gasteiger partial charge in [0.1, 0.15) is 11.4 Å². The number of hydrogen-bond acceptors (Lipinski definition) is 3. The van der Waals surface area contributed by atoms with Crippen LogP contribution in [0.4, 0.5) is 4.39 Å². The van der Waals surface area contributed by atoms with E-state index in [2.05, 4.69) is 4.98 Å². The molecule has 0 radical (unpaired) electrons. The van der Waals surface area contributed by atoms with E-state index in [9.17, 15) is 9.18 Å². The van der Waals surface area contributed by atoms with Gasteiger partial charge in [-0.15, -0.1) is 0 Å². The van der Waals surface area contributed by atoms with Gasteiger partial charge in [-0.25, -0.2) is 14.2 Å². The van der Waals surface area contributed by atoms with Crippen molar-refractivity contribution in [2.24, 2.45) is 0 Å². The van der Waals surface area contributed by atoms with Crippen LogP contribution >= 0.6 is 11.6 Å². The molecule has 0 spiro atoms. The first-order valence-electron chi connectivity index (χ1n) is 6.66. The second kappa shape index (κ2) is 4.52. The quantitative estimate of drug-likeness (QED) is 0.271. The minimum atomic E-state index is -0.545. The molecule has 0 fully saturated rings. The van der Waals surface area contributed by atoms with Crippen LogP contribution < -0.4 is 5.63 Å². The van der Waals surface area contributed by atoms with E-state index in [1.54, 1.807) is 6.07 Å². The monoisotopic (exact) mass is 313 g/mol. The maximum atomic E-state index is 13.6. The molecule has 108 valence electrons. The van der Waals surface area contributed by atoms with E-state index in [4.69, 9.17) is 16.0 Å². The second-order valence-electron chi connectivity index (χ2n) is 5.18. The Balaban J connectivity index is 2.28. The average molecular weight is 314 g/mol. The normalized spacial score (nSPS) is 11.6. The molecular weight excluding hydrogens is 305 g/mol. The minimum Gasteiger partial charge on any atom is -0.422 e. The van der Waals surface area contributed by atoms with Gasteiger partial charge in [0.2, 0.25) is 0 Å². The van der Waals surface area contributed by atoms with Crippen LogP contribution in [0.15, 0.2) is 45.6 Å². The van der Waals surface area contributed by atoms with Crippen molar-refractivity contribution >= 4 is 44.4 Å². The highest BCUT2D eigenvalue weighted by Crippen LogP contribution is 2.28. The van der Waals surface area contributed by atoms with Crippen molar-refractivity contribution in [3.8, 4) is 0 Å². The van der Waals surface area contributed by atoms with Gasteiger partial charge in [-0.05, 0) is 36.8 Å². The van der Waals surface area contributed by atoms with E-state index in [-0.39, 0.29) is 5.02 Å². The lowest BCUT2D eigenvalue weighted by molar-refractivity contribution is 0.567. The van der Waals surface area contributed by atoms with Gasteiger partial charge >= 0.3 is 5.63 Å². The molecule has 2 aromatic carbocycles. The summed E-state index contributed by atoms with van der Waals surface area (Å²) in [5.74, 6) is -0.545. The maximum Gasteiger partial charge on any atom is 0.345 e. The van der Waals surface area contributed by atoms with E-state index in [0.29, 0.717) is 27.4 Å². The molecule has 22 heavy (non-hydrogen) atoms. The lowest BCUT2D eigenvalue weighted by Gasteiger charge is -2.06. The Morgan fingerprint density at radius 3 is 2.82 bits per heavy atom. The number of hydrogen-bond donors (Lipinski definition) is 0. The number of halogens is 2. The summed E-state index contributed by atoms with van der Waals surface area (Å²) in [6, 6.07) is 9.90. The fourth-order valence-corrected chi connectivity index (χ4v) is 2.81. The predicted molar refractivity (Wildman–Crippen MR) is 85.0 cm³/mol. The average Bonchev–Trinajstić information content (AvgIpc) is 2.49. The van der Waals surface area contributed by atoms with Crippen molar-refractivity contribution in [2.75, 3.05) is 0 Å². The number of aryl methyl sites for hydroxylation is 1. The summed E-state index contributed by atoms with van der Waals surface area (Å²) in [7, 11) is 0. The fraction of sp³-hybridized carbons (Fsp3) is 0.0588. The van der Waals surface area contributed by atoms with E-state index >= 15 is 0 Å². The van der Waals surface area contributed by atoms with Gasteiger partial charge in [0.15, 0.2) is 0 Å². The molecule has 0 unspecified atom stereocenters.